The molecule has 0 radical (unpaired) electrons. The van der Waals surface area contributed by atoms with Gasteiger partial charge in [0.15, 0.2) is 0 Å². The Kier molecular flexibility index (Phi) is 9.37. The monoisotopic (exact) mass is 396 g/mol. The standard InChI is InChI=1S/4C5H13N.Ti/c4*1-4-6(3)5-2;/h4*4-5H2,1-3H3;/q;;;;+4. The van der Waals surface area contributed by atoms with E-state index in [-0.39, 0.29) is 0 Å². The molecule has 0 aliphatic heterocycles. The second-order valence-electron chi connectivity index (χ2n) is 8.71. The summed E-state index contributed by atoms with van der Waals surface area (Å²) >= 11 is -2.81. The first kappa shape index (κ1) is 25.6. The predicted octanol–water partition coefficient (Wildman–Crippen LogP) is 3.75. The summed E-state index contributed by atoms with van der Waals surface area (Å²) in [7, 11) is 10.5. The predicted molar refractivity (Wildman–Crippen MR) is 109 cm³/mol. The Bertz CT molecular complexity index is 317. The molecule has 0 aliphatic carbocycles. The quantitative estimate of drug-likeness (QED) is 0.441. The molecule has 5 heteroatoms. The fraction of sp³-hybridized carbons (Fsp3) is 1.00. The summed E-state index contributed by atoms with van der Waals surface area (Å²) in [5, 5.41) is 0. The molecule has 0 spiro atoms. The number of nitrogens with zero attached hydrogens (tertiary/aromatic N) is 4. The molecule has 0 saturated heterocycles. The van der Waals surface area contributed by atoms with Crippen molar-refractivity contribution in [3.63, 3.8) is 0 Å². The van der Waals surface area contributed by atoms with Crippen LogP contribution in [0.1, 0.15) is 55.4 Å². The molecule has 0 fully saturated rings. The topological polar surface area (TPSA) is 0 Å². The van der Waals surface area contributed by atoms with Gasteiger partial charge in [0, 0.05) is 0 Å². The van der Waals surface area contributed by atoms with Gasteiger partial charge in [-0.2, -0.15) is 0 Å². The van der Waals surface area contributed by atoms with Crippen LogP contribution in [0.3, 0.4) is 0 Å². The molecule has 0 aromatic rings. The number of hydrogen-bond donors (Lipinski definition) is 0. The van der Waals surface area contributed by atoms with Gasteiger partial charge in [-0.05, 0) is 0 Å². The molecule has 0 aromatic carbocycles. The SMILES string of the molecule is CC[N+](C)(CC)[Ti]([N+](C)(CC)CC)([N+](C)(CC)CC)[N+](C)(CC)CC. The van der Waals surface area contributed by atoms with Gasteiger partial charge >= 0.3 is 165 Å². The van der Waals surface area contributed by atoms with Gasteiger partial charge < -0.3 is 0 Å². The minimum absolute atomic E-state index is 1.26. The number of quaternary nitrogens is 4. The Labute approximate surface area is 165 Å². The van der Waals surface area contributed by atoms with Crippen LogP contribution in [0.2, 0.25) is 0 Å². The van der Waals surface area contributed by atoms with Crippen molar-refractivity contribution in [2.24, 2.45) is 0 Å². The molecule has 25 heavy (non-hydrogen) atoms. The van der Waals surface area contributed by atoms with E-state index in [9.17, 15) is 0 Å². The normalized spacial score (nSPS) is 14.9. The molecule has 152 valence electrons. The second-order valence-corrected chi connectivity index (χ2v) is 17.3. The van der Waals surface area contributed by atoms with Crippen LogP contribution in [-0.2, 0) is 17.6 Å². The van der Waals surface area contributed by atoms with Crippen LogP contribution in [0.15, 0.2) is 0 Å². The molecule has 0 N–H and O–H groups in total. The fourth-order valence-electron chi connectivity index (χ4n) is 6.09. The average molecular weight is 397 g/mol. The molecular weight excluding hydrogens is 344 g/mol. The zero-order valence-corrected chi connectivity index (χ0v) is 21.5. The van der Waals surface area contributed by atoms with Crippen molar-refractivity contribution in [1.82, 2.24) is 0 Å². The molecule has 0 aromatic heterocycles. The van der Waals surface area contributed by atoms with E-state index in [2.05, 4.69) is 83.6 Å². The Morgan fingerprint density at radius 3 is 0.560 bits per heavy atom. The minimum atomic E-state index is -2.81. The summed E-state index contributed by atoms with van der Waals surface area (Å²) < 4.78 is 5.20. The van der Waals surface area contributed by atoms with Crippen molar-refractivity contribution in [1.29, 1.82) is 0 Å². The molecule has 4 nitrogen and oxygen atoms in total. The summed E-state index contributed by atoms with van der Waals surface area (Å²) in [6, 6.07) is 0. The third-order valence-corrected chi connectivity index (χ3v) is 21.5. The first-order valence-electron chi connectivity index (χ1n) is 10.9. The first-order valence-corrected chi connectivity index (χ1v) is 13.7. The molecule has 0 aliphatic rings. The maximum absolute atomic E-state index is 2.81. The van der Waals surface area contributed by atoms with E-state index < -0.39 is 17.6 Å². The van der Waals surface area contributed by atoms with E-state index in [4.69, 9.17) is 0 Å². The summed E-state index contributed by atoms with van der Waals surface area (Å²) in [6.07, 6.45) is 0. The average Bonchev–Trinajstić information content (AvgIpc) is 2.66. The van der Waals surface area contributed by atoms with Crippen LogP contribution in [0.4, 0.5) is 0 Å². The Balaban J connectivity index is 7.47. The second kappa shape index (κ2) is 9.16. The Morgan fingerprint density at radius 1 is 0.360 bits per heavy atom. The van der Waals surface area contributed by atoms with Gasteiger partial charge in [-0.1, -0.05) is 0 Å². The van der Waals surface area contributed by atoms with Crippen molar-refractivity contribution >= 4 is 0 Å². The van der Waals surface area contributed by atoms with Crippen molar-refractivity contribution in [2.45, 2.75) is 55.4 Å². The summed E-state index contributed by atoms with van der Waals surface area (Å²) in [5.74, 6) is 0. The van der Waals surface area contributed by atoms with E-state index in [1.807, 2.05) is 0 Å². The Morgan fingerprint density at radius 2 is 0.480 bits per heavy atom. The van der Waals surface area contributed by atoms with Gasteiger partial charge in [0.1, 0.15) is 0 Å². The maximum atomic E-state index is 2.62. The van der Waals surface area contributed by atoms with E-state index in [0.717, 1.165) is 0 Å². The van der Waals surface area contributed by atoms with Crippen LogP contribution < -0.4 is 0 Å². The van der Waals surface area contributed by atoms with Gasteiger partial charge in [-0.3, -0.25) is 0 Å². The molecule has 0 heterocycles. The molecule has 0 amide bonds. The van der Waals surface area contributed by atoms with Crippen LogP contribution >= 0.6 is 0 Å². The first-order chi connectivity index (χ1) is 11.5. The molecule has 0 saturated carbocycles. The van der Waals surface area contributed by atoms with Crippen molar-refractivity contribution in [3.05, 3.63) is 0 Å². The number of hydrogen-bond acceptors (Lipinski definition) is 0. The molecule has 0 atom stereocenters. The van der Waals surface area contributed by atoms with Crippen LogP contribution in [0.5, 0.6) is 0 Å². The Hall–Kier alpha value is 0.554. The van der Waals surface area contributed by atoms with E-state index >= 15 is 0 Å². The van der Waals surface area contributed by atoms with Gasteiger partial charge in [0.2, 0.25) is 0 Å². The van der Waals surface area contributed by atoms with E-state index in [1.165, 1.54) is 64.2 Å². The summed E-state index contributed by atoms with van der Waals surface area (Å²) in [6.45, 7) is 29.6. The molecule has 0 unspecified atom stereocenters. The molecular formula is C20H52N4Ti+4. The van der Waals surface area contributed by atoms with E-state index in [1.54, 1.807) is 0 Å². The zero-order chi connectivity index (χ0) is 20.2. The third kappa shape index (κ3) is 3.41. The van der Waals surface area contributed by atoms with Gasteiger partial charge in [-0.25, -0.2) is 0 Å². The van der Waals surface area contributed by atoms with Crippen molar-refractivity contribution in [3.8, 4) is 0 Å². The van der Waals surface area contributed by atoms with Crippen molar-refractivity contribution < 1.29 is 29.5 Å². The van der Waals surface area contributed by atoms with Crippen LogP contribution in [-0.4, -0.2) is 92.4 Å². The third-order valence-electron chi connectivity index (χ3n) is 8.48. The molecule has 0 bridgehead atoms. The van der Waals surface area contributed by atoms with Crippen LogP contribution in [0, 0.1) is 0 Å². The van der Waals surface area contributed by atoms with Gasteiger partial charge in [0.25, 0.3) is 0 Å². The van der Waals surface area contributed by atoms with Crippen molar-refractivity contribution in [2.75, 3.05) is 80.5 Å². The number of rotatable bonds is 12. The fourth-order valence-corrected chi connectivity index (χ4v) is 22.3. The van der Waals surface area contributed by atoms with Gasteiger partial charge in [-0.15, -0.1) is 0 Å². The summed E-state index contributed by atoms with van der Waals surface area (Å²) in [4.78, 5) is 0. The van der Waals surface area contributed by atoms with Gasteiger partial charge in [0.05, 0.1) is 0 Å². The summed E-state index contributed by atoms with van der Waals surface area (Å²) in [5.41, 5.74) is 0. The van der Waals surface area contributed by atoms with Crippen LogP contribution in [0.25, 0.3) is 0 Å². The zero-order valence-electron chi connectivity index (χ0n) is 19.9. The molecule has 0 rings (SSSR count). The van der Waals surface area contributed by atoms with E-state index in [0.29, 0.717) is 0 Å².